The number of ether oxygens (including phenoxy) is 1. The zero-order chi connectivity index (χ0) is 9.14. The molecule has 12 heavy (non-hydrogen) atoms. The van der Waals surface area contributed by atoms with Gasteiger partial charge in [-0.15, -0.1) is 0 Å². The monoisotopic (exact) mass is 172 g/mol. The molecule has 5 nitrogen and oxygen atoms in total. The highest BCUT2D eigenvalue weighted by atomic mass is 17.2. The summed E-state index contributed by atoms with van der Waals surface area (Å²) in [5, 5.41) is 0. The normalized spacial score (nSPS) is 19.6. The van der Waals surface area contributed by atoms with Crippen molar-refractivity contribution in [2.45, 2.75) is 13.0 Å². The molecule has 1 heterocycles. The average Bonchev–Trinajstić information content (AvgIpc) is 2.81. The second-order valence-electron chi connectivity index (χ2n) is 2.38. The van der Waals surface area contributed by atoms with Gasteiger partial charge in [0, 0.05) is 5.57 Å². The second-order valence-corrected chi connectivity index (χ2v) is 2.38. The Morgan fingerprint density at radius 1 is 1.50 bits per heavy atom. The van der Waals surface area contributed by atoms with Crippen LogP contribution in [0.5, 0.6) is 0 Å². The summed E-state index contributed by atoms with van der Waals surface area (Å²) in [6, 6.07) is 0. The predicted octanol–water partition coefficient (Wildman–Crippen LogP) is -0.0373. The molecule has 1 rings (SSSR count). The minimum Gasteiger partial charge on any atom is -0.361 e. The standard InChI is InChI=1S/C7H8O5/c1-4(2)6(8)11-12-7(9)5-3-10-5/h5H,1,3H2,2H3. The second kappa shape index (κ2) is 3.36. The van der Waals surface area contributed by atoms with Crippen molar-refractivity contribution in [1.82, 2.24) is 0 Å². The summed E-state index contributed by atoms with van der Waals surface area (Å²) in [7, 11) is 0. The molecule has 1 fully saturated rings. The van der Waals surface area contributed by atoms with E-state index in [-0.39, 0.29) is 5.57 Å². The molecule has 5 heteroatoms. The molecule has 0 aromatic heterocycles. The number of carbonyl (C=O) groups is 2. The Morgan fingerprint density at radius 2 is 2.08 bits per heavy atom. The van der Waals surface area contributed by atoms with E-state index < -0.39 is 18.0 Å². The van der Waals surface area contributed by atoms with Gasteiger partial charge in [0.2, 0.25) is 0 Å². The van der Waals surface area contributed by atoms with E-state index in [1.165, 1.54) is 6.92 Å². The third-order valence-electron chi connectivity index (χ3n) is 1.14. The van der Waals surface area contributed by atoms with E-state index in [4.69, 9.17) is 0 Å². The fourth-order valence-corrected chi connectivity index (χ4v) is 0.388. The van der Waals surface area contributed by atoms with Crippen molar-refractivity contribution in [3.63, 3.8) is 0 Å². The van der Waals surface area contributed by atoms with E-state index in [1.807, 2.05) is 0 Å². The fourth-order valence-electron chi connectivity index (χ4n) is 0.388. The maximum atomic E-state index is 10.7. The van der Waals surface area contributed by atoms with Gasteiger partial charge in [0.25, 0.3) is 0 Å². The Hall–Kier alpha value is -1.36. The van der Waals surface area contributed by atoms with Gasteiger partial charge in [-0.05, 0) is 6.92 Å². The van der Waals surface area contributed by atoms with Gasteiger partial charge in [0.1, 0.15) is 0 Å². The molecule has 0 spiro atoms. The SMILES string of the molecule is C=C(C)C(=O)OOC(=O)C1CO1. The lowest BCUT2D eigenvalue weighted by molar-refractivity contribution is -0.256. The van der Waals surface area contributed by atoms with Crippen molar-refractivity contribution in [1.29, 1.82) is 0 Å². The van der Waals surface area contributed by atoms with Crippen LogP contribution >= 0.6 is 0 Å². The molecule has 1 unspecified atom stereocenters. The van der Waals surface area contributed by atoms with Crippen LogP contribution in [0.25, 0.3) is 0 Å². The van der Waals surface area contributed by atoms with Crippen LogP contribution in [0.15, 0.2) is 12.2 Å². The lowest BCUT2D eigenvalue weighted by Gasteiger charge is -1.99. The molecular formula is C7H8O5. The molecule has 1 aliphatic heterocycles. The van der Waals surface area contributed by atoms with Crippen molar-refractivity contribution in [2.24, 2.45) is 0 Å². The molecule has 0 aliphatic carbocycles. The lowest BCUT2D eigenvalue weighted by Crippen LogP contribution is -2.15. The number of rotatable bonds is 2. The quantitative estimate of drug-likeness (QED) is 0.253. The van der Waals surface area contributed by atoms with E-state index in [2.05, 4.69) is 21.1 Å². The Labute approximate surface area is 68.8 Å². The molecule has 0 saturated carbocycles. The van der Waals surface area contributed by atoms with Crippen LogP contribution in [0.1, 0.15) is 6.92 Å². The van der Waals surface area contributed by atoms with Crippen LogP contribution < -0.4 is 0 Å². The third kappa shape index (κ3) is 2.35. The van der Waals surface area contributed by atoms with Gasteiger partial charge in [-0.3, -0.25) is 0 Å². The first kappa shape index (κ1) is 8.73. The molecule has 0 N–H and O–H groups in total. The van der Waals surface area contributed by atoms with Crippen LogP contribution in [-0.2, 0) is 24.1 Å². The van der Waals surface area contributed by atoms with Gasteiger partial charge in [-0.2, -0.15) is 0 Å². The zero-order valence-electron chi connectivity index (χ0n) is 6.53. The third-order valence-corrected chi connectivity index (χ3v) is 1.14. The molecule has 0 radical (unpaired) electrons. The Balaban J connectivity index is 2.20. The summed E-state index contributed by atoms with van der Waals surface area (Å²) in [6.07, 6.45) is -0.567. The minimum atomic E-state index is -0.760. The van der Waals surface area contributed by atoms with E-state index in [0.29, 0.717) is 6.61 Å². The van der Waals surface area contributed by atoms with E-state index >= 15 is 0 Å². The fraction of sp³-hybridized carbons (Fsp3) is 0.429. The smallest absolute Gasteiger partial charge is 0.361 e. The molecule has 66 valence electrons. The van der Waals surface area contributed by atoms with Crippen molar-refractivity contribution < 1.29 is 24.1 Å². The summed E-state index contributed by atoms with van der Waals surface area (Å²) in [6.45, 7) is 5.07. The van der Waals surface area contributed by atoms with Crippen molar-refractivity contribution in [3.8, 4) is 0 Å². The van der Waals surface area contributed by atoms with Crippen LogP contribution in [-0.4, -0.2) is 24.6 Å². The van der Waals surface area contributed by atoms with Crippen molar-refractivity contribution in [3.05, 3.63) is 12.2 Å². The number of epoxide rings is 1. The number of carbonyl (C=O) groups excluding carboxylic acids is 2. The Bertz CT molecular complexity index is 228. The van der Waals surface area contributed by atoms with Crippen LogP contribution in [0.3, 0.4) is 0 Å². The predicted molar refractivity (Wildman–Crippen MR) is 36.7 cm³/mol. The van der Waals surface area contributed by atoms with Crippen LogP contribution in [0, 0.1) is 0 Å². The van der Waals surface area contributed by atoms with E-state index in [1.54, 1.807) is 0 Å². The molecule has 1 atom stereocenters. The maximum absolute atomic E-state index is 10.7. The molecule has 0 bridgehead atoms. The topological polar surface area (TPSA) is 65.1 Å². The largest absolute Gasteiger partial charge is 0.386 e. The summed E-state index contributed by atoms with van der Waals surface area (Å²) in [5.41, 5.74) is 0.166. The van der Waals surface area contributed by atoms with Gasteiger partial charge in [0.15, 0.2) is 6.10 Å². The summed E-state index contributed by atoms with van der Waals surface area (Å²) >= 11 is 0. The number of hydrogen-bond acceptors (Lipinski definition) is 5. The van der Waals surface area contributed by atoms with Gasteiger partial charge >= 0.3 is 11.9 Å². The maximum Gasteiger partial charge on any atom is 0.386 e. The van der Waals surface area contributed by atoms with Crippen molar-refractivity contribution >= 4 is 11.9 Å². The van der Waals surface area contributed by atoms with E-state index in [0.717, 1.165) is 0 Å². The van der Waals surface area contributed by atoms with Crippen LogP contribution in [0.4, 0.5) is 0 Å². The van der Waals surface area contributed by atoms with Crippen molar-refractivity contribution in [2.75, 3.05) is 6.61 Å². The molecular weight excluding hydrogens is 164 g/mol. The first-order chi connectivity index (χ1) is 5.61. The van der Waals surface area contributed by atoms with Gasteiger partial charge in [-0.25, -0.2) is 19.4 Å². The molecule has 1 aliphatic rings. The van der Waals surface area contributed by atoms with Crippen LogP contribution in [0.2, 0.25) is 0 Å². The molecule has 1 saturated heterocycles. The number of hydrogen-bond donors (Lipinski definition) is 0. The van der Waals surface area contributed by atoms with E-state index in [9.17, 15) is 9.59 Å². The summed E-state index contributed by atoms with van der Waals surface area (Å²) in [4.78, 5) is 29.5. The summed E-state index contributed by atoms with van der Waals surface area (Å²) < 4.78 is 4.57. The van der Waals surface area contributed by atoms with Gasteiger partial charge in [0.05, 0.1) is 6.61 Å². The molecule has 0 aromatic carbocycles. The highest BCUT2D eigenvalue weighted by Crippen LogP contribution is 2.10. The highest BCUT2D eigenvalue weighted by Gasteiger charge is 2.34. The van der Waals surface area contributed by atoms with Gasteiger partial charge in [-0.1, -0.05) is 6.58 Å². The Morgan fingerprint density at radius 3 is 2.50 bits per heavy atom. The molecule has 0 aromatic rings. The zero-order valence-corrected chi connectivity index (χ0v) is 6.53. The first-order valence-corrected chi connectivity index (χ1v) is 3.31. The Kier molecular flexibility index (Phi) is 2.44. The minimum absolute atomic E-state index is 0.166. The highest BCUT2D eigenvalue weighted by molar-refractivity contribution is 5.87. The first-order valence-electron chi connectivity index (χ1n) is 3.31. The molecule has 0 amide bonds. The average molecular weight is 172 g/mol. The summed E-state index contributed by atoms with van der Waals surface area (Å²) in [5.74, 6) is -1.45. The van der Waals surface area contributed by atoms with Gasteiger partial charge < -0.3 is 4.74 Å². The lowest BCUT2D eigenvalue weighted by atomic mass is 10.4.